The Morgan fingerprint density at radius 2 is 2.21 bits per heavy atom. The number of halogens is 1. The third-order valence-electron chi connectivity index (χ3n) is 2.28. The zero-order chi connectivity index (χ0) is 13.7. The van der Waals surface area contributed by atoms with Crippen molar-refractivity contribution in [2.24, 2.45) is 0 Å². The first-order valence-corrected chi connectivity index (χ1v) is 6.07. The van der Waals surface area contributed by atoms with Gasteiger partial charge in [0, 0.05) is 0 Å². The quantitative estimate of drug-likeness (QED) is 0.872. The number of benzene rings is 1. The van der Waals surface area contributed by atoms with Crippen molar-refractivity contribution < 1.29 is 9.32 Å². The Hall–Kier alpha value is -1.92. The Labute approximate surface area is 115 Å². The lowest BCUT2D eigenvalue weighted by Crippen LogP contribution is -2.27. The molecule has 1 heterocycles. The number of hydrogen-bond acceptors (Lipinski definition) is 5. The van der Waals surface area contributed by atoms with Crippen LogP contribution in [-0.4, -0.2) is 22.6 Å². The van der Waals surface area contributed by atoms with E-state index in [4.69, 9.17) is 16.1 Å². The van der Waals surface area contributed by atoms with Crippen LogP contribution < -0.4 is 10.6 Å². The van der Waals surface area contributed by atoms with Gasteiger partial charge in [0.15, 0.2) is 5.82 Å². The van der Waals surface area contributed by atoms with Crippen LogP contribution in [0.3, 0.4) is 0 Å². The van der Waals surface area contributed by atoms with Crippen molar-refractivity contribution >= 4 is 23.2 Å². The maximum atomic E-state index is 11.7. The highest BCUT2D eigenvalue weighted by Crippen LogP contribution is 2.19. The Kier molecular flexibility index (Phi) is 4.48. The van der Waals surface area contributed by atoms with E-state index in [1.54, 1.807) is 31.2 Å². The number of amides is 1. The maximum absolute atomic E-state index is 11.7. The predicted octanol–water partition coefficient (Wildman–Crippen LogP) is 1.76. The van der Waals surface area contributed by atoms with Gasteiger partial charge >= 0.3 is 0 Å². The molecule has 6 nitrogen and oxygen atoms in total. The van der Waals surface area contributed by atoms with Gasteiger partial charge in [-0.05, 0) is 19.1 Å². The first kappa shape index (κ1) is 13.5. The fraction of sp³-hybridized carbons (Fsp3) is 0.250. The Bertz CT molecular complexity index is 570. The molecular weight excluding hydrogens is 268 g/mol. The Morgan fingerprint density at radius 1 is 1.42 bits per heavy atom. The third kappa shape index (κ3) is 4.04. The fourth-order valence-corrected chi connectivity index (χ4v) is 1.63. The van der Waals surface area contributed by atoms with Crippen molar-refractivity contribution in [3.8, 4) is 0 Å². The molecule has 0 aliphatic carbocycles. The standard InChI is InChI=1S/C12H13ClN4O2/c1-8-15-12(19-17-8)7-14-6-11(18)16-10-5-3-2-4-9(10)13/h2-5,14H,6-7H2,1H3,(H,16,18). The third-order valence-corrected chi connectivity index (χ3v) is 2.61. The van der Waals surface area contributed by atoms with Gasteiger partial charge in [-0.3, -0.25) is 10.1 Å². The molecule has 7 heteroatoms. The van der Waals surface area contributed by atoms with Gasteiger partial charge in [0.25, 0.3) is 0 Å². The van der Waals surface area contributed by atoms with E-state index in [0.29, 0.717) is 29.0 Å². The highest BCUT2D eigenvalue weighted by Gasteiger charge is 2.06. The molecular formula is C12H13ClN4O2. The lowest BCUT2D eigenvalue weighted by Gasteiger charge is -2.06. The van der Waals surface area contributed by atoms with Crippen LogP contribution >= 0.6 is 11.6 Å². The van der Waals surface area contributed by atoms with Gasteiger partial charge in [-0.2, -0.15) is 4.98 Å². The summed E-state index contributed by atoms with van der Waals surface area (Å²) in [5, 5.41) is 9.76. The SMILES string of the molecule is Cc1noc(CNCC(=O)Nc2ccccc2Cl)n1. The molecule has 0 aliphatic heterocycles. The van der Waals surface area contributed by atoms with Gasteiger partial charge in [0.05, 0.1) is 23.8 Å². The van der Waals surface area contributed by atoms with E-state index in [2.05, 4.69) is 20.8 Å². The van der Waals surface area contributed by atoms with Gasteiger partial charge in [-0.15, -0.1) is 0 Å². The smallest absolute Gasteiger partial charge is 0.240 e. The molecule has 0 fully saturated rings. The Morgan fingerprint density at radius 3 is 2.89 bits per heavy atom. The summed E-state index contributed by atoms with van der Waals surface area (Å²) >= 11 is 5.93. The molecule has 2 aromatic rings. The second-order valence-corrected chi connectivity index (χ2v) is 4.27. The molecule has 0 bridgehead atoms. The molecule has 2 N–H and O–H groups in total. The van der Waals surface area contributed by atoms with Crippen molar-refractivity contribution in [2.45, 2.75) is 13.5 Å². The van der Waals surface area contributed by atoms with Crippen LogP contribution in [0.25, 0.3) is 0 Å². The van der Waals surface area contributed by atoms with Crippen LogP contribution in [0.1, 0.15) is 11.7 Å². The molecule has 19 heavy (non-hydrogen) atoms. The predicted molar refractivity (Wildman–Crippen MR) is 70.8 cm³/mol. The summed E-state index contributed by atoms with van der Waals surface area (Å²) in [6.07, 6.45) is 0. The van der Waals surface area contributed by atoms with Crippen molar-refractivity contribution in [3.63, 3.8) is 0 Å². The van der Waals surface area contributed by atoms with Crippen molar-refractivity contribution in [3.05, 3.63) is 41.0 Å². The average molecular weight is 281 g/mol. The molecule has 0 radical (unpaired) electrons. The number of nitrogens with zero attached hydrogens (tertiary/aromatic N) is 2. The highest BCUT2D eigenvalue weighted by molar-refractivity contribution is 6.33. The van der Waals surface area contributed by atoms with E-state index in [9.17, 15) is 4.79 Å². The number of carbonyl (C=O) groups excluding carboxylic acids is 1. The van der Waals surface area contributed by atoms with Gasteiger partial charge in [-0.1, -0.05) is 28.9 Å². The fourth-order valence-electron chi connectivity index (χ4n) is 1.45. The number of rotatable bonds is 5. The number of anilines is 1. The lowest BCUT2D eigenvalue weighted by molar-refractivity contribution is -0.115. The molecule has 0 aliphatic rings. The van der Waals surface area contributed by atoms with Gasteiger partial charge in [-0.25, -0.2) is 0 Å². The summed E-state index contributed by atoms with van der Waals surface area (Å²) in [6.45, 7) is 2.21. The van der Waals surface area contributed by atoms with Gasteiger partial charge in [0.2, 0.25) is 11.8 Å². The minimum Gasteiger partial charge on any atom is -0.338 e. The second kappa shape index (κ2) is 6.31. The number of aryl methyl sites for hydroxylation is 1. The summed E-state index contributed by atoms with van der Waals surface area (Å²) in [5.41, 5.74) is 0.588. The largest absolute Gasteiger partial charge is 0.338 e. The molecule has 0 unspecified atom stereocenters. The van der Waals surface area contributed by atoms with Crippen LogP contribution in [-0.2, 0) is 11.3 Å². The van der Waals surface area contributed by atoms with E-state index >= 15 is 0 Å². The first-order chi connectivity index (χ1) is 9.15. The number of hydrogen-bond donors (Lipinski definition) is 2. The number of nitrogens with one attached hydrogen (secondary N) is 2. The highest BCUT2D eigenvalue weighted by atomic mass is 35.5. The van der Waals surface area contributed by atoms with Crippen LogP contribution in [0, 0.1) is 6.92 Å². The summed E-state index contributed by atoms with van der Waals surface area (Å²) in [6, 6.07) is 7.05. The maximum Gasteiger partial charge on any atom is 0.240 e. The normalized spacial score (nSPS) is 10.4. The molecule has 0 spiro atoms. The van der Waals surface area contributed by atoms with Crippen LogP contribution in [0.15, 0.2) is 28.8 Å². The molecule has 0 saturated carbocycles. The Balaban J connectivity index is 1.77. The van der Waals surface area contributed by atoms with Crippen molar-refractivity contribution in [2.75, 3.05) is 11.9 Å². The zero-order valence-electron chi connectivity index (χ0n) is 10.3. The summed E-state index contributed by atoms with van der Waals surface area (Å²) in [4.78, 5) is 15.7. The average Bonchev–Trinajstić information content (AvgIpc) is 2.78. The minimum atomic E-state index is -0.190. The summed E-state index contributed by atoms with van der Waals surface area (Å²) in [5.74, 6) is 0.824. The molecule has 0 atom stereocenters. The van der Waals surface area contributed by atoms with Crippen LogP contribution in [0.2, 0.25) is 5.02 Å². The molecule has 1 aromatic heterocycles. The van der Waals surface area contributed by atoms with E-state index in [0.717, 1.165) is 0 Å². The topological polar surface area (TPSA) is 80.0 Å². The van der Waals surface area contributed by atoms with E-state index in [1.807, 2.05) is 0 Å². The molecule has 0 saturated heterocycles. The monoisotopic (exact) mass is 280 g/mol. The van der Waals surface area contributed by atoms with Crippen LogP contribution in [0.4, 0.5) is 5.69 Å². The number of aromatic nitrogens is 2. The second-order valence-electron chi connectivity index (χ2n) is 3.87. The molecule has 1 amide bonds. The van der Waals surface area contributed by atoms with E-state index < -0.39 is 0 Å². The van der Waals surface area contributed by atoms with Crippen molar-refractivity contribution in [1.82, 2.24) is 15.5 Å². The molecule has 2 rings (SSSR count). The van der Waals surface area contributed by atoms with Crippen LogP contribution in [0.5, 0.6) is 0 Å². The summed E-state index contributed by atoms with van der Waals surface area (Å²) in [7, 11) is 0. The van der Waals surface area contributed by atoms with Crippen molar-refractivity contribution in [1.29, 1.82) is 0 Å². The summed E-state index contributed by atoms with van der Waals surface area (Å²) < 4.78 is 4.91. The van der Waals surface area contributed by atoms with Gasteiger partial charge in [0.1, 0.15) is 0 Å². The molecule has 1 aromatic carbocycles. The lowest BCUT2D eigenvalue weighted by atomic mass is 10.3. The zero-order valence-corrected chi connectivity index (χ0v) is 11.1. The van der Waals surface area contributed by atoms with E-state index in [1.165, 1.54) is 0 Å². The number of para-hydroxylation sites is 1. The van der Waals surface area contributed by atoms with Gasteiger partial charge < -0.3 is 9.84 Å². The molecule has 100 valence electrons. The minimum absolute atomic E-state index is 0.132. The first-order valence-electron chi connectivity index (χ1n) is 5.69. The number of carbonyl (C=O) groups is 1. The van der Waals surface area contributed by atoms with E-state index in [-0.39, 0.29) is 12.5 Å².